The van der Waals surface area contributed by atoms with Gasteiger partial charge in [0.1, 0.15) is 11.5 Å². The number of carboxylic acids is 1. The second kappa shape index (κ2) is 4.99. The van der Waals surface area contributed by atoms with Crippen LogP contribution in [0.25, 0.3) is 11.3 Å². The van der Waals surface area contributed by atoms with Gasteiger partial charge in [0.25, 0.3) is 0 Å². The molecule has 1 aromatic heterocycles. The fourth-order valence-electron chi connectivity index (χ4n) is 1.90. The molecular weight excluding hydrogens is 275 g/mol. The topological polar surface area (TPSA) is 63.3 Å². The van der Waals surface area contributed by atoms with Gasteiger partial charge in [-0.2, -0.15) is 13.2 Å². The second-order valence-electron chi connectivity index (χ2n) is 4.18. The van der Waals surface area contributed by atoms with Gasteiger partial charge in [-0.05, 0) is 13.0 Å². The number of carbonyl (C=O) groups is 1. The van der Waals surface area contributed by atoms with Crippen LogP contribution in [0, 0.1) is 6.92 Å². The number of hydrogen-bond donors (Lipinski definition) is 1. The van der Waals surface area contributed by atoms with Crippen molar-refractivity contribution in [2.24, 2.45) is 0 Å². The Balaban J connectivity index is 2.61. The van der Waals surface area contributed by atoms with Crippen LogP contribution in [0.3, 0.4) is 0 Å². The van der Waals surface area contributed by atoms with Gasteiger partial charge in [-0.1, -0.05) is 23.4 Å². The van der Waals surface area contributed by atoms with Gasteiger partial charge in [-0.15, -0.1) is 0 Å². The van der Waals surface area contributed by atoms with Crippen LogP contribution >= 0.6 is 0 Å². The summed E-state index contributed by atoms with van der Waals surface area (Å²) < 4.78 is 43.7. The van der Waals surface area contributed by atoms with Gasteiger partial charge in [0.05, 0.1) is 12.0 Å². The van der Waals surface area contributed by atoms with Crippen molar-refractivity contribution in [1.29, 1.82) is 0 Å². The number of aliphatic carboxylic acids is 1. The molecule has 0 aliphatic carbocycles. The van der Waals surface area contributed by atoms with Crippen molar-refractivity contribution in [1.82, 2.24) is 5.16 Å². The molecule has 0 saturated heterocycles. The van der Waals surface area contributed by atoms with E-state index in [1.165, 1.54) is 25.1 Å². The van der Waals surface area contributed by atoms with Gasteiger partial charge in [0.2, 0.25) is 0 Å². The number of carboxylic acid groups (broad SMARTS) is 1. The molecule has 7 heteroatoms. The lowest BCUT2D eigenvalue weighted by Crippen LogP contribution is -2.08. The minimum Gasteiger partial charge on any atom is -0.481 e. The third-order valence-corrected chi connectivity index (χ3v) is 2.80. The lowest BCUT2D eigenvalue weighted by atomic mass is 9.99. The van der Waals surface area contributed by atoms with E-state index in [2.05, 4.69) is 5.16 Å². The van der Waals surface area contributed by atoms with Crippen LogP contribution < -0.4 is 0 Å². The zero-order chi connectivity index (χ0) is 14.9. The molecule has 106 valence electrons. The third kappa shape index (κ3) is 2.66. The number of hydrogen-bond acceptors (Lipinski definition) is 3. The van der Waals surface area contributed by atoms with E-state index >= 15 is 0 Å². The van der Waals surface area contributed by atoms with E-state index in [1.54, 1.807) is 0 Å². The Morgan fingerprint density at radius 3 is 2.60 bits per heavy atom. The molecule has 0 radical (unpaired) electrons. The van der Waals surface area contributed by atoms with E-state index in [1.807, 2.05) is 0 Å². The van der Waals surface area contributed by atoms with E-state index in [0.717, 1.165) is 6.07 Å². The van der Waals surface area contributed by atoms with Crippen LogP contribution in [-0.4, -0.2) is 16.2 Å². The fourth-order valence-corrected chi connectivity index (χ4v) is 1.90. The summed E-state index contributed by atoms with van der Waals surface area (Å²) in [5.74, 6) is -0.971. The molecule has 1 N–H and O–H groups in total. The van der Waals surface area contributed by atoms with Gasteiger partial charge in [-0.25, -0.2) is 0 Å². The maximum absolute atomic E-state index is 13.0. The molecule has 0 fully saturated rings. The minimum absolute atomic E-state index is 0.0853. The highest BCUT2D eigenvalue weighted by molar-refractivity contribution is 5.76. The maximum atomic E-state index is 13.0. The first kappa shape index (κ1) is 14.1. The molecule has 0 bridgehead atoms. The molecule has 0 unspecified atom stereocenters. The fraction of sp³-hybridized carbons (Fsp3) is 0.231. The Bertz CT molecular complexity index is 647. The first-order chi connectivity index (χ1) is 9.30. The summed E-state index contributed by atoms with van der Waals surface area (Å²) in [6.45, 7) is 1.46. The molecule has 2 aromatic rings. The molecule has 0 saturated carbocycles. The van der Waals surface area contributed by atoms with E-state index in [0.29, 0.717) is 0 Å². The van der Waals surface area contributed by atoms with Crippen molar-refractivity contribution >= 4 is 5.97 Å². The van der Waals surface area contributed by atoms with Crippen LogP contribution in [0.2, 0.25) is 0 Å². The number of rotatable bonds is 3. The van der Waals surface area contributed by atoms with Crippen molar-refractivity contribution in [3.8, 4) is 11.3 Å². The second-order valence-corrected chi connectivity index (χ2v) is 4.18. The molecule has 0 amide bonds. The van der Waals surface area contributed by atoms with Gasteiger partial charge < -0.3 is 9.63 Å². The summed E-state index contributed by atoms with van der Waals surface area (Å²) in [7, 11) is 0. The molecule has 0 aliphatic heterocycles. The van der Waals surface area contributed by atoms with Crippen molar-refractivity contribution in [2.75, 3.05) is 0 Å². The largest absolute Gasteiger partial charge is 0.481 e. The Kier molecular flexibility index (Phi) is 3.52. The molecule has 0 spiro atoms. The summed E-state index contributed by atoms with van der Waals surface area (Å²) in [4.78, 5) is 10.8. The van der Waals surface area contributed by atoms with Crippen LogP contribution in [0.4, 0.5) is 13.2 Å². The van der Waals surface area contributed by atoms with Crippen molar-refractivity contribution in [3.05, 3.63) is 41.2 Å². The van der Waals surface area contributed by atoms with Gasteiger partial charge in [0, 0.05) is 11.1 Å². The number of benzene rings is 1. The average molecular weight is 285 g/mol. The molecule has 0 atom stereocenters. The number of aryl methyl sites for hydroxylation is 1. The summed E-state index contributed by atoms with van der Waals surface area (Å²) in [6, 6.07) is 4.85. The molecule has 1 heterocycles. The van der Waals surface area contributed by atoms with Gasteiger partial charge in [-0.3, -0.25) is 4.79 Å². The lowest BCUT2D eigenvalue weighted by Gasteiger charge is -2.11. The standard InChI is InChI=1S/C13H10F3NO3/c1-7-9(6-11(18)19)12(17-20-7)8-4-2-3-5-10(8)13(14,15)16/h2-5H,6H2,1H3,(H,18,19). The smallest absolute Gasteiger partial charge is 0.417 e. The average Bonchev–Trinajstić information content (AvgIpc) is 2.69. The SMILES string of the molecule is Cc1onc(-c2ccccc2C(F)(F)F)c1CC(=O)O. The zero-order valence-electron chi connectivity index (χ0n) is 10.4. The van der Waals surface area contributed by atoms with E-state index < -0.39 is 24.1 Å². The highest BCUT2D eigenvalue weighted by atomic mass is 19.4. The Morgan fingerprint density at radius 1 is 1.35 bits per heavy atom. The third-order valence-electron chi connectivity index (χ3n) is 2.80. The Labute approximate surface area is 111 Å². The minimum atomic E-state index is -4.55. The number of aromatic nitrogens is 1. The maximum Gasteiger partial charge on any atom is 0.417 e. The van der Waals surface area contributed by atoms with Crippen molar-refractivity contribution in [2.45, 2.75) is 19.5 Å². The number of nitrogens with zero attached hydrogens (tertiary/aromatic N) is 1. The van der Waals surface area contributed by atoms with Crippen LogP contribution in [0.1, 0.15) is 16.9 Å². The molecule has 2 rings (SSSR count). The Morgan fingerprint density at radius 2 is 2.00 bits per heavy atom. The highest BCUT2D eigenvalue weighted by Crippen LogP contribution is 2.38. The normalized spacial score (nSPS) is 11.6. The first-order valence-corrected chi connectivity index (χ1v) is 5.64. The van der Waals surface area contributed by atoms with Crippen molar-refractivity contribution < 1.29 is 27.6 Å². The summed E-state index contributed by atoms with van der Waals surface area (Å²) in [5, 5.41) is 12.4. The van der Waals surface area contributed by atoms with E-state index in [4.69, 9.17) is 9.63 Å². The predicted molar refractivity (Wildman–Crippen MR) is 63.0 cm³/mol. The van der Waals surface area contributed by atoms with E-state index in [-0.39, 0.29) is 22.6 Å². The molecule has 1 aromatic carbocycles. The van der Waals surface area contributed by atoms with Gasteiger partial charge in [0.15, 0.2) is 0 Å². The zero-order valence-corrected chi connectivity index (χ0v) is 10.4. The first-order valence-electron chi connectivity index (χ1n) is 5.64. The Hall–Kier alpha value is -2.31. The summed E-state index contributed by atoms with van der Waals surface area (Å²) in [5.41, 5.74) is -1.000. The van der Waals surface area contributed by atoms with E-state index in [9.17, 15) is 18.0 Å². The van der Waals surface area contributed by atoms with Crippen LogP contribution in [-0.2, 0) is 17.4 Å². The number of halogens is 3. The summed E-state index contributed by atoms with van der Waals surface area (Å²) >= 11 is 0. The van der Waals surface area contributed by atoms with Gasteiger partial charge >= 0.3 is 12.1 Å². The predicted octanol–water partition coefficient (Wildman–Crippen LogP) is 3.30. The summed E-state index contributed by atoms with van der Waals surface area (Å²) in [6.07, 6.45) is -5.00. The molecule has 20 heavy (non-hydrogen) atoms. The molecular formula is C13H10F3NO3. The van der Waals surface area contributed by atoms with Crippen LogP contribution in [0.5, 0.6) is 0 Å². The molecule has 4 nitrogen and oxygen atoms in total. The monoisotopic (exact) mass is 285 g/mol. The van der Waals surface area contributed by atoms with Crippen LogP contribution in [0.15, 0.2) is 28.8 Å². The van der Waals surface area contributed by atoms with Crippen molar-refractivity contribution in [3.63, 3.8) is 0 Å². The molecule has 0 aliphatic rings. The highest BCUT2D eigenvalue weighted by Gasteiger charge is 2.35. The quantitative estimate of drug-likeness (QED) is 0.939. The lowest BCUT2D eigenvalue weighted by molar-refractivity contribution is -0.137. The number of alkyl halides is 3.